The van der Waals surface area contributed by atoms with Crippen LogP contribution in [0, 0.1) is 11.7 Å². The second-order valence-corrected chi connectivity index (χ2v) is 5.11. The van der Waals surface area contributed by atoms with Crippen LogP contribution in [0.1, 0.15) is 26.7 Å². The highest BCUT2D eigenvalue weighted by Gasteiger charge is 2.31. The predicted octanol–water partition coefficient (Wildman–Crippen LogP) is 2.57. The number of hydrogen-bond acceptors (Lipinski definition) is 2. The van der Waals surface area contributed by atoms with E-state index in [2.05, 4.69) is 12.2 Å². The fourth-order valence-corrected chi connectivity index (χ4v) is 2.70. The molecule has 1 aromatic rings. The summed E-state index contributed by atoms with van der Waals surface area (Å²) in [6, 6.07) is 6.61. The maximum absolute atomic E-state index is 14.0. The monoisotopic (exact) mass is 264 g/mol. The van der Waals surface area contributed by atoms with Crippen molar-refractivity contribution < 1.29 is 9.18 Å². The highest BCUT2D eigenvalue weighted by Crippen LogP contribution is 2.27. The first-order valence-electron chi connectivity index (χ1n) is 6.92. The summed E-state index contributed by atoms with van der Waals surface area (Å²) in [5.41, 5.74) is 0.410. The van der Waals surface area contributed by atoms with Gasteiger partial charge in [0, 0.05) is 12.5 Å². The van der Waals surface area contributed by atoms with Crippen molar-refractivity contribution in [3.05, 3.63) is 30.1 Å². The van der Waals surface area contributed by atoms with E-state index in [9.17, 15) is 9.18 Å². The van der Waals surface area contributed by atoms with Gasteiger partial charge in [0.2, 0.25) is 5.91 Å². The predicted molar refractivity (Wildman–Crippen MR) is 74.6 cm³/mol. The average molecular weight is 264 g/mol. The smallest absolute Gasteiger partial charge is 0.227 e. The Bertz CT molecular complexity index is 450. The Kier molecular flexibility index (Phi) is 4.53. The molecule has 1 N–H and O–H groups in total. The Morgan fingerprint density at radius 3 is 2.84 bits per heavy atom. The third-order valence-electron chi connectivity index (χ3n) is 3.75. The molecule has 0 saturated carbocycles. The van der Waals surface area contributed by atoms with Gasteiger partial charge in [-0.25, -0.2) is 4.39 Å². The van der Waals surface area contributed by atoms with Gasteiger partial charge >= 0.3 is 0 Å². The van der Waals surface area contributed by atoms with E-state index in [4.69, 9.17) is 0 Å². The number of anilines is 1. The van der Waals surface area contributed by atoms with Crippen LogP contribution in [0.3, 0.4) is 0 Å². The number of carbonyl (C=O) groups is 1. The van der Waals surface area contributed by atoms with Gasteiger partial charge in [0.25, 0.3) is 0 Å². The topological polar surface area (TPSA) is 32.3 Å². The molecule has 1 saturated heterocycles. The van der Waals surface area contributed by atoms with E-state index >= 15 is 0 Å². The molecule has 1 aliphatic rings. The molecular formula is C15H21FN2O. The van der Waals surface area contributed by atoms with E-state index < -0.39 is 0 Å². The Hall–Kier alpha value is -1.42. The lowest BCUT2D eigenvalue weighted by Crippen LogP contribution is -2.51. The van der Waals surface area contributed by atoms with Crippen LogP contribution in [-0.2, 0) is 4.79 Å². The molecular weight excluding hydrogens is 243 g/mol. The van der Waals surface area contributed by atoms with Gasteiger partial charge in [-0.2, -0.15) is 0 Å². The first-order chi connectivity index (χ1) is 9.15. The highest BCUT2D eigenvalue weighted by molar-refractivity contribution is 5.94. The molecule has 2 unspecified atom stereocenters. The molecule has 3 nitrogen and oxygen atoms in total. The van der Waals surface area contributed by atoms with Crippen molar-refractivity contribution in [1.82, 2.24) is 5.32 Å². The van der Waals surface area contributed by atoms with Crippen LogP contribution < -0.4 is 10.2 Å². The summed E-state index contributed by atoms with van der Waals surface area (Å²) in [5.74, 6) is -0.0114. The Balaban J connectivity index is 2.36. The van der Waals surface area contributed by atoms with Gasteiger partial charge in [-0.1, -0.05) is 26.0 Å². The van der Waals surface area contributed by atoms with Crippen LogP contribution in [0.5, 0.6) is 0 Å². The van der Waals surface area contributed by atoms with E-state index in [1.165, 1.54) is 6.07 Å². The van der Waals surface area contributed by atoms with Gasteiger partial charge in [-0.05, 0) is 37.6 Å². The summed E-state index contributed by atoms with van der Waals surface area (Å²) in [4.78, 5) is 13.9. The van der Waals surface area contributed by atoms with Crippen LogP contribution in [0.4, 0.5) is 10.1 Å². The molecule has 2 atom stereocenters. The summed E-state index contributed by atoms with van der Waals surface area (Å²) in [6.45, 7) is 5.67. The quantitative estimate of drug-likeness (QED) is 0.910. The van der Waals surface area contributed by atoms with Gasteiger partial charge in [0.05, 0.1) is 5.69 Å². The molecule has 104 valence electrons. The van der Waals surface area contributed by atoms with Gasteiger partial charge < -0.3 is 10.2 Å². The molecule has 4 heteroatoms. The number of halogens is 1. The van der Waals surface area contributed by atoms with Crippen molar-refractivity contribution in [2.24, 2.45) is 5.92 Å². The highest BCUT2D eigenvalue weighted by atomic mass is 19.1. The van der Waals surface area contributed by atoms with Crippen LogP contribution in [0.15, 0.2) is 24.3 Å². The number of rotatable bonds is 3. The number of nitrogens with zero attached hydrogens (tertiary/aromatic N) is 1. The van der Waals surface area contributed by atoms with Gasteiger partial charge in [-0.3, -0.25) is 4.79 Å². The molecule has 1 aliphatic heterocycles. The van der Waals surface area contributed by atoms with Crippen molar-refractivity contribution >= 4 is 11.6 Å². The van der Waals surface area contributed by atoms with E-state index in [-0.39, 0.29) is 17.8 Å². The lowest BCUT2D eigenvalue weighted by molar-refractivity contribution is -0.119. The zero-order valence-corrected chi connectivity index (χ0v) is 11.5. The number of para-hydroxylation sites is 1. The third-order valence-corrected chi connectivity index (χ3v) is 3.75. The SMILES string of the molecule is CCC(=O)N(c1ccccc1F)C1CCNCC1C. The summed E-state index contributed by atoms with van der Waals surface area (Å²) in [7, 11) is 0. The van der Waals surface area contributed by atoms with Crippen molar-refractivity contribution in [2.75, 3.05) is 18.0 Å². The minimum Gasteiger partial charge on any atom is -0.316 e. The molecule has 19 heavy (non-hydrogen) atoms. The summed E-state index contributed by atoms with van der Waals surface area (Å²) in [5, 5.41) is 3.31. The molecule has 2 rings (SSSR count). The molecule has 0 aromatic heterocycles. The second-order valence-electron chi connectivity index (χ2n) is 5.11. The Morgan fingerprint density at radius 1 is 1.47 bits per heavy atom. The van der Waals surface area contributed by atoms with Crippen molar-refractivity contribution in [3.8, 4) is 0 Å². The summed E-state index contributed by atoms with van der Waals surface area (Å²) in [6.07, 6.45) is 1.26. The van der Waals surface area contributed by atoms with Crippen LogP contribution in [0.2, 0.25) is 0 Å². The van der Waals surface area contributed by atoms with Crippen molar-refractivity contribution in [3.63, 3.8) is 0 Å². The number of hydrogen-bond donors (Lipinski definition) is 1. The zero-order valence-electron chi connectivity index (χ0n) is 11.5. The van der Waals surface area contributed by atoms with Crippen LogP contribution in [-0.4, -0.2) is 25.0 Å². The molecule has 1 fully saturated rings. The first kappa shape index (κ1) is 14.0. The molecule has 0 spiro atoms. The van der Waals surface area contributed by atoms with E-state index in [0.717, 1.165) is 19.5 Å². The van der Waals surface area contributed by atoms with Gasteiger partial charge in [-0.15, -0.1) is 0 Å². The summed E-state index contributed by atoms with van der Waals surface area (Å²) >= 11 is 0. The third kappa shape index (κ3) is 2.95. The Morgan fingerprint density at radius 2 is 2.21 bits per heavy atom. The minimum atomic E-state index is -0.324. The number of nitrogens with one attached hydrogen (secondary N) is 1. The second kappa shape index (κ2) is 6.15. The van der Waals surface area contributed by atoms with E-state index in [1.807, 2.05) is 6.92 Å². The number of piperidine rings is 1. The molecule has 1 aromatic carbocycles. The maximum atomic E-state index is 14.0. The number of carbonyl (C=O) groups excluding carboxylic acids is 1. The fraction of sp³-hybridized carbons (Fsp3) is 0.533. The fourth-order valence-electron chi connectivity index (χ4n) is 2.70. The molecule has 0 aliphatic carbocycles. The standard InChI is InChI=1S/C15H21FN2O/c1-3-15(19)18(13-8-9-17-10-11(13)2)14-7-5-4-6-12(14)16/h4-7,11,13,17H,3,8-10H2,1-2H3. The lowest BCUT2D eigenvalue weighted by atomic mass is 9.93. The molecule has 0 radical (unpaired) electrons. The minimum absolute atomic E-state index is 0.0103. The summed E-state index contributed by atoms with van der Waals surface area (Å²) < 4.78 is 14.0. The Labute approximate surface area is 113 Å². The first-order valence-corrected chi connectivity index (χ1v) is 6.92. The van der Waals surface area contributed by atoms with E-state index in [1.54, 1.807) is 23.1 Å². The average Bonchev–Trinajstić information content (AvgIpc) is 2.43. The lowest BCUT2D eigenvalue weighted by Gasteiger charge is -2.39. The van der Waals surface area contributed by atoms with Crippen LogP contribution in [0.25, 0.3) is 0 Å². The number of benzene rings is 1. The molecule has 1 amide bonds. The van der Waals surface area contributed by atoms with Crippen LogP contribution >= 0.6 is 0 Å². The zero-order chi connectivity index (χ0) is 13.8. The van der Waals surface area contributed by atoms with Crippen molar-refractivity contribution in [2.45, 2.75) is 32.7 Å². The van der Waals surface area contributed by atoms with E-state index in [0.29, 0.717) is 18.0 Å². The number of amides is 1. The molecule has 0 bridgehead atoms. The largest absolute Gasteiger partial charge is 0.316 e. The normalized spacial score (nSPS) is 23.1. The van der Waals surface area contributed by atoms with Crippen molar-refractivity contribution in [1.29, 1.82) is 0 Å². The maximum Gasteiger partial charge on any atom is 0.227 e. The van der Waals surface area contributed by atoms with Gasteiger partial charge in [0.15, 0.2) is 0 Å². The molecule has 1 heterocycles. The van der Waals surface area contributed by atoms with Gasteiger partial charge in [0.1, 0.15) is 5.82 Å².